The molecule has 0 saturated carbocycles. The van der Waals surface area contributed by atoms with Gasteiger partial charge in [-0.15, -0.1) is 0 Å². The number of piperidine rings is 2. The molecule has 3 aliphatic rings. The van der Waals surface area contributed by atoms with Crippen LogP contribution in [-0.4, -0.2) is 96.9 Å². The van der Waals surface area contributed by atoms with Crippen LogP contribution in [0.1, 0.15) is 31.2 Å². The van der Waals surface area contributed by atoms with Crippen LogP contribution in [-0.2, 0) is 9.59 Å². The number of likely N-dealkylation sites (tertiary alicyclic amines) is 2. The highest BCUT2D eigenvalue weighted by Gasteiger charge is 2.33. The SMILES string of the molecule is CN1CCCC(N2CCN(C(=O)C3CCN(C(=O)/C=C/c4ccccc4)CC3)CC2)C1. The molecule has 4 rings (SSSR count). The van der Waals surface area contributed by atoms with Crippen molar-refractivity contribution in [1.82, 2.24) is 19.6 Å². The molecule has 1 unspecified atom stereocenters. The summed E-state index contributed by atoms with van der Waals surface area (Å²) in [6.45, 7) is 7.37. The largest absolute Gasteiger partial charge is 0.340 e. The van der Waals surface area contributed by atoms with Crippen molar-refractivity contribution in [2.75, 3.05) is 59.4 Å². The van der Waals surface area contributed by atoms with Crippen molar-refractivity contribution in [3.63, 3.8) is 0 Å². The van der Waals surface area contributed by atoms with Gasteiger partial charge in [0.05, 0.1) is 0 Å². The normalized spacial score (nSPS) is 24.6. The van der Waals surface area contributed by atoms with Gasteiger partial charge in [-0.3, -0.25) is 14.5 Å². The first-order valence-corrected chi connectivity index (χ1v) is 11.8. The van der Waals surface area contributed by atoms with Crippen LogP contribution in [0.15, 0.2) is 36.4 Å². The van der Waals surface area contributed by atoms with Crippen LogP contribution in [0.4, 0.5) is 0 Å². The average molecular weight is 425 g/mol. The smallest absolute Gasteiger partial charge is 0.246 e. The first-order chi connectivity index (χ1) is 15.1. The van der Waals surface area contributed by atoms with Crippen molar-refractivity contribution < 1.29 is 9.59 Å². The molecule has 0 aliphatic carbocycles. The van der Waals surface area contributed by atoms with E-state index in [2.05, 4.69) is 21.7 Å². The van der Waals surface area contributed by atoms with Gasteiger partial charge >= 0.3 is 0 Å². The lowest BCUT2D eigenvalue weighted by Crippen LogP contribution is -2.56. The predicted octanol–water partition coefficient (Wildman–Crippen LogP) is 2.18. The molecule has 0 bridgehead atoms. The van der Waals surface area contributed by atoms with E-state index >= 15 is 0 Å². The molecule has 0 N–H and O–H groups in total. The Labute approximate surface area is 186 Å². The second kappa shape index (κ2) is 10.4. The predicted molar refractivity (Wildman–Crippen MR) is 123 cm³/mol. The molecule has 2 amide bonds. The van der Waals surface area contributed by atoms with Gasteiger partial charge in [-0.05, 0) is 50.9 Å². The van der Waals surface area contributed by atoms with Gasteiger partial charge in [0.25, 0.3) is 0 Å². The van der Waals surface area contributed by atoms with Crippen molar-refractivity contribution in [3.8, 4) is 0 Å². The van der Waals surface area contributed by atoms with Crippen molar-refractivity contribution in [3.05, 3.63) is 42.0 Å². The Bertz CT molecular complexity index is 765. The number of rotatable bonds is 4. The lowest BCUT2D eigenvalue weighted by molar-refractivity contribution is -0.141. The van der Waals surface area contributed by atoms with E-state index in [1.807, 2.05) is 41.3 Å². The quantitative estimate of drug-likeness (QED) is 0.695. The number of benzene rings is 1. The Balaban J connectivity index is 1.21. The van der Waals surface area contributed by atoms with Crippen LogP contribution in [0.3, 0.4) is 0 Å². The van der Waals surface area contributed by atoms with Gasteiger partial charge in [-0.2, -0.15) is 0 Å². The number of hydrogen-bond acceptors (Lipinski definition) is 4. The zero-order valence-corrected chi connectivity index (χ0v) is 18.8. The summed E-state index contributed by atoms with van der Waals surface area (Å²) in [5.41, 5.74) is 1.03. The molecule has 3 heterocycles. The van der Waals surface area contributed by atoms with Gasteiger partial charge in [0, 0.05) is 63.8 Å². The third kappa shape index (κ3) is 5.74. The molecular weight excluding hydrogens is 388 g/mol. The summed E-state index contributed by atoms with van der Waals surface area (Å²) >= 11 is 0. The molecule has 0 aromatic heterocycles. The van der Waals surface area contributed by atoms with Crippen molar-refractivity contribution >= 4 is 17.9 Å². The third-order valence-electron chi connectivity index (χ3n) is 7.12. The van der Waals surface area contributed by atoms with Crippen LogP contribution in [0.5, 0.6) is 0 Å². The molecule has 31 heavy (non-hydrogen) atoms. The second-order valence-electron chi connectivity index (χ2n) is 9.26. The molecule has 0 spiro atoms. The first-order valence-electron chi connectivity index (χ1n) is 11.8. The minimum atomic E-state index is 0.0424. The maximum absolute atomic E-state index is 13.1. The van der Waals surface area contributed by atoms with Crippen LogP contribution in [0.25, 0.3) is 6.08 Å². The Morgan fingerprint density at radius 3 is 2.26 bits per heavy atom. The van der Waals surface area contributed by atoms with E-state index in [0.29, 0.717) is 25.0 Å². The van der Waals surface area contributed by atoms with E-state index in [4.69, 9.17) is 0 Å². The maximum Gasteiger partial charge on any atom is 0.246 e. The van der Waals surface area contributed by atoms with Gasteiger partial charge in [-0.25, -0.2) is 0 Å². The van der Waals surface area contributed by atoms with Gasteiger partial charge in [0.1, 0.15) is 0 Å². The molecule has 168 valence electrons. The highest BCUT2D eigenvalue weighted by Crippen LogP contribution is 2.22. The molecular formula is C25H36N4O2. The highest BCUT2D eigenvalue weighted by atomic mass is 16.2. The minimum Gasteiger partial charge on any atom is -0.340 e. The number of carbonyl (C=O) groups is 2. The van der Waals surface area contributed by atoms with Gasteiger partial charge in [0.2, 0.25) is 11.8 Å². The Hall–Kier alpha value is -2.18. The van der Waals surface area contributed by atoms with Gasteiger partial charge in [0.15, 0.2) is 0 Å². The van der Waals surface area contributed by atoms with Crippen molar-refractivity contribution in [1.29, 1.82) is 0 Å². The van der Waals surface area contributed by atoms with Crippen molar-refractivity contribution in [2.45, 2.75) is 31.7 Å². The minimum absolute atomic E-state index is 0.0424. The summed E-state index contributed by atoms with van der Waals surface area (Å²) in [6, 6.07) is 10.5. The molecule has 3 saturated heterocycles. The van der Waals surface area contributed by atoms with Gasteiger partial charge < -0.3 is 14.7 Å². The molecule has 3 fully saturated rings. The first kappa shape index (κ1) is 22.0. The number of carbonyl (C=O) groups excluding carboxylic acids is 2. The zero-order valence-electron chi connectivity index (χ0n) is 18.8. The lowest BCUT2D eigenvalue weighted by atomic mass is 9.94. The molecule has 3 aliphatic heterocycles. The highest BCUT2D eigenvalue weighted by molar-refractivity contribution is 5.92. The number of hydrogen-bond donors (Lipinski definition) is 0. The second-order valence-corrected chi connectivity index (χ2v) is 9.26. The summed E-state index contributed by atoms with van der Waals surface area (Å²) in [7, 11) is 2.21. The maximum atomic E-state index is 13.1. The fraction of sp³-hybridized carbons (Fsp3) is 0.600. The fourth-order valence-electron chi connectivity index (χ4n) is 5.19. The van der Waals surface area contributed by atoms with E-state index in [9.17, 15) is 9.59 Å². The van der Waals surface area contributed by atoms with E-state index in [0.717, 1.165) is 51.1 Å². The van der Waals surface area contributed by atoms with Crippen molar-refractivity contribution in [2.24, 2.45) is 5.92 Å². The fourth-order valence-corrected chi connectivity index (χ4v) is 5.19. The summed E-state index contributed by atoms with van der Waals surface area (Å²) in [6.07, 6.45) is 7.62. The van der Waals surface area contributed by atoms with E-state index in [1.54, 1.807) is 6.08 Å². The topological polar surface area (TPSA) is 47.1 Å². The van der Waals surface area contributed by atoms with Gasteiger partial charge in [-0.1, -0.05) is 30.3 Å². The number of likely N-dealkylation sites (N-methyl/N-ethyl adjacent to an activating group) is 1. The monoisotopic (exact) mass is 424 g/mol. The Kier molecular flexibility index (Phi) is 7.41. The summed E-state index contributed by atoms with van der Waals surface area (Å²) < 4.78 is 0. The standard InChI is InChI=1S/C25H36N4O2/c1-26-13-5-8-23(20-26)27-16-18-29(19-17-27)25(31)22-11-14-28(15-12-22)24(30)10-9-21-6-3-2-4-7-21/h2-4,6-7,9-10,22-23H,5,8,11-20H2,1H3/b10-9+. The molecule has 1 aromatic rings. The summed E-state index contributed by atoms with van der Waals surface area (Å²) in [5.74, 6) is 0.405. The van der Waals surface area contributed by atoms with E-state index < -0.39 is 0 Å². The molecule has 1 aromatic carbocycles. The Morgan fingerprint density at radius 2 is 1.58 bits per heavy atom. The lowest BCUT2D eigenvalue weighted by Gasteiger charge is -2.43. The Morgan fingerprint density at radius 1 is 0.871 bits per heavy atom. The average Bonchev–Trinajstić information content (AvgIpc) is 2.83. The number of nitrogens with zero attached hydrogens (tertiary/aromatic N) is 4. The zero-order chi connectivity index (χ0) is 21.6. The van der Waals surface area contributed by atoms with E-state index in [-0.39, 0.29) is 11.8 Å². The van der Waals surface area contributed by atoms with Crippen LogP contribution in [0, 0.1) is 5.92 Å². The number of piperazine rings is 1. The summed E-state index contributed by atoms with van der Waals surface area (Å²) in [4.78, 5) is 34.5. The summed E-state index contributed by atoms with van der Waals surface area (Å²) in [5, 5.41) is 0. The number of amides is 2. The molecule has 6 heteroatoms. The third-order valence-corrected chi connectivity index (χ3v) is 7.12. The van der Waals surface area contributed by atoms with Crippen LogP contribution in [0.2, 0.25) is 0 Å². The molecule has 1 atom stereocenters. The molecule has 6 nitrogen and oxygen atoms in total. The van der Waals surface area contributed by atoms with Crippen LogP contribution < -0.4 is 0 Å². The van der Waals surface area contributed by atoms with Crippen LogP contribution >= 0.6 is 0 Å². The van der Waals surface area contributed by atoms with E-state index in [1.165, 1.54) is 19.4 Å². The molecule has 0 radical (unpaired) electrons.